The standard InChI is InChI=1S/C13H12O2S/c1-8-3-5-10(7-11(8)13(14)15)12-6-4-9(2)16-12/h3-7H,1-2H3,(H,14,15). The third-order valence-corrected chi connectivity index (χ3v) is 3.54. The van der Waals surface area contributed by atoms with E-state index in [1.165, 1.54) is 4.88 Å². The van der Waals surface area contributed by atoms with E-state index in [1.807, 2.05) is 38.1 Å². The summed E-state index contributed by atoms with van der Waals surface area (Å²) < 4.78 is 0. The molecule has 0 spiro atoms. The van der Waals surface area contributed by atoms with Gasteiger partial charge in [-0.15, -0.1) is 11.3 Å². The molecule has 2 rings (SSSR count). The molecule has 0 atom stereocenters. The minimum atomic E-state index is -0.868. The first kappa shape index (κ1) is 10.9. The van der Waals surface area contributed by atoms with Crippen molar-refractivity contribution in [2.75, 3.05) is 0 Å². The average molecular weight is 232 g/mol. The zero-order valence-corrected chi connectivity index (χ0v) is 9.97. The lowest BCUT2D eigenvalue weighted by molar-refractivity contribution is 0.0696. The summed E-state index contributed by atoms with van der Waals surface area (Å²) >= 11 is 1.67. The lowest BCUT2D eigenvalue weighted by atomic mass is 10.0. The summed E-state index contributed by atoms with van der Waals surface area (Å²) in [6.45, 7) is 3.85. The van der Waals surface area contributed by atoms with E-state index in [4.69, 9.17) is 5.11 Å². The maximum Gasteiger partial charge on any atom is 0.335 e. The van der Waals surface area contributed by atoms with Crippen LogP contribution in [0.4, 0.5) is 0 Å². The largest absolute Gasteiger partial charge is 0.478 e. The van der Waals surface area contributed by atoms with Crippen molar-refractivity contribution in [1.82, 2.24) is 0 Å². The smallest absolute Gasteiger partial charge is 0.335 e. The van der Waals surface area contributed by atoms with Crippen molar-refractivity contribution in [3.63, 3.8) is 0 Å². The van der Waals surface area contributed by atoms with Gasteiger partial charge < -0.3 is 5.11 Å². The molecule has 1 heterocycles. The van der Waals surface area contributed by atoms with E-state index in [1.54, 1.807) is 17.4 Å². The van der Waals surface area contributed by atoms with Gasteiger partial charge in [-0.05, 0) is 43.2 Å². The van der Waals surface area contributed by atoms with Crippen molar-refractivity contribution in [1.29, 1.82) is 0 Å². The molecule has 0 amide bonds. The van der Waals surface area contributed by atoms with Crippen LogP contribution in [0, 0.1) is 13.8 Å². The van der Waals surface area contributed by atoms with E-state index in [2.05, 4.69) is 0 Å². The van der Waals surface area contributed by atoms with Crippen molar-refractivity contribution in [2.24, 2.45) is 0 Å². The summed E-state index contributed by atoms with van der Waals surface area (Å²) in [7, 11) is 0. The maximum absolute atomic E-state index is 11.0. The zero-order chi connectivity index (χ0) is 11.7. The summed E-state index contributed by atoms with van der Waals surface area (Å²) in [5.74, 6) is -0.868. The third-order valence-electron chi connectivity index (χ3n) is 2.49. The predicted molar refractivity (Wildman–Crippen MR) is 66.2 cm³/mol. The molecule has 1 N–H and O–H groups in total. The second-order valence-electron chi connectivity index (χ2n) is 3.75. The molecule has 0 aliphatic rings. The van der Waals surface area contributed by atoms with Crippen molar-refractivity contribution in [2.45, 2.75) is 13.8 Å². The van der Waals surface area contributed by atoms with E-state index in [9.17, 15) is 4.79 Å². The molecule has 1 aromatic carbocycles. The van der Waals surface area contributed by atoms with Gasteiger partial charge in [-0.1, -0.05) is 12.1 Å². The maximum atomic E-state index is 11.0. The Morgan fingerprint density at radius 1 is 1.19 bits per heavy atom. The molecule has 2 aromatic rings. The van der Waals surface area contributed by atoms with Crippen LogP contribution in [-0.2, 0) is 0 Å². The highest BCUT2D eigenvalue weighted by molar-refractivity contribution is 7.15. The first-order valence-corrected chi connectivity index (χ1v) is 5.80. The van der Waals surface area contributed by atoms with E-state index < -0.39 is 5.97 Å². The van der Waals surface area contributed by atoms with E-state index in [-0.39, 0.29) is 0 Å². The molecule has 0 saturated heterocycles. The Bertz CT molecular complexity index is 541. The van der Waals surface area contributed by atoms with Crippen LogP contribution in [0.3, 0.4) is 0 Å². The third kappa shape index (κ3) is 1.99. The molecular formula is C13H12O2S. The average Bonchev–Trinajstić information content (AvgIpc) is 2.65. The van der Waals surface area contributed by atoms with Crippen molar-refractivity contribution >= 4 is 17.3 Å². The van der Waals surface area contributed by atoms with Crippen molar-refractivity contribution < 1.29 is 9.90 Å². The Labute approximate surface area is 98.2 Å². The molecular weight excluding hydrogens is 220 g/mol. The zero-order valence-electron chi connectivity index (χ0n) is 9.15. The molecule has 0 unspecified atom stereocenters. The quantitative estimate of drug-likeness (QED) is 0.856. The van der Waals surface area contributed by atoms with Gasteiger partial charge in [0.2, 0.25) is 0 Å². The van der Waals surface area contributed by atoms with Gasteiger partial charge in [0.1, 0.15) is 0 Å². The van der Waals surface area contributed by atoms with Gasteiger partial charge in [0.25, 0.3) is 0 Å². The van der Waals surface area contributed by atoms with Crippen LogP contribution in [0.1, 0.15) is 20.8 Å². The van der Waals surface area contributed by atoms with Gasteiger partial charge in [0.05, 0.1) is 5.56 Å². The number of thiophene rings is 1. The topological polar surface area (TPSA) is 37.3 Å². The molecule has 2 nitrogen and oxygen atoms in total. The molecule has 1 aromatic heterocycles. The lowest BCUT2D eigenvalue weighted by Crippen LogP contribution is -1.99. The van der Waals surface area contributed by atoms with Crippen molar-refractivity contribution in [3.8, 4) is 10.4 Å². The Morgan fingerprint density at radius 2 is 1.94 bits per heavy atom. The fourth-order valence-corrected chi connectivity index (χ4v) is 2.46. The van der Waals surface area contributed by atoms with Gasteiger partial charge in [-0.3, -0.25) is 0 Å². The minimum Gasteiger partial charge on any atom is -0.478 e. The molecule has 82 valence electrons. The molecule has 0 saturated carbocycles. The fraction of sp³-hybridized carbons (Fsp3) is 0.154. The molecule has 0 aliphatic heterocycles. The summed E-state index contributed by atoms with van der Waals surface area (Å²) in [6.07, 6.45) is 0. The lowest BCUT2D eigenvalue weighted by Gasteiger charge is -2.03. The summed E-state index contributed by atoms with van der Waals surface area (Å²) in [5, 5.41) is 9.05. The molecule has 0 aliphatic carbocycles. The van der Waals surface area contributed by atoms with Crippen LogP contribution < -0.4 is 0 Å². The first-order chi connectivity index (χ1) is 7.58. The number of aromatic carboxylic acids is 1. The summed E-state index contributed by atoms with van der Waals surface area (Å²) in [6, 6.07) is 9.63. The normalized spacial score (nSPS) is 10.4. The van der Waals surface area contributed by atoms with E-state index in [0.717, 1.165) is 16.0 Å². The minimum absolute atomic E-state index is 0.378. The fourth-order valence-electron chi connectivity index (χ4n) is 1.60. The molecule has 0 bridgehead atoms. The van der Waals surface area contributed by atoms with Crippen LogP contribution in [0.15, 0.2) is 30.3 Å². The molecule has 0 fully saturated rings. The number of benzene rings is 1. The number of aryl methyl sites for hydroxylation is 2. The summed E-state index contributed by atoms with van der Waals surface area (Å²) in [5.41, 5.74) is 2.15. The van der Waals surface area contributed by atoms with Crippen LogP contribution >= 0.6 is 11.3 Å². The number of rotatable bonds is 2. The molecule has 3 heteroatoms. The van der Waals surface area contributed by atoms with Gasteiger partial charge in [-0.25, -0.2) is 4.79 Å². The predicted octanol–water partition coefficient (Wildman–Crippen LogP) is 3.73. The first-order valence-electron chi connectivity index (χ1n) is 4.98. The van der Waals surface area contributed by atoms with Crippen LogP contribution in [0.2, 0.25) is 0 Å². The summed E-state index contributed by atoms with van der Waals surface area (Å²) in [4.78, 5) is 13.4. The number of hydrogen-bond acceptors (Lipinski definition) is 2. The Kier molecular flexibility index (Phi) is 2.79. The Balaban J connectivity index is 2.51. The highest BCUT2D eigenvalue weighted by atomic mass is 32.1. The van der Waals surface area contributed by atoms with Crippen molar-refractivity contribution in [3.05, 3.63) is 46.3 Å². The highest BCUT2D eigenvalue weighted by Crippen LogP contribution is 2.29. The van der Waals surface area contributed by atoms with Gasteiger partial charge in [0.15, 0.2) is 0 Å². The Morgan fingerprint density at radius 3 is 2.50 bits per heavy atom. The van der Waals surface area contributed by atoms with Crippen LogP contribution in [0.5, 0.6) is 0 Å². The van der Waals surface area contributed by atoms with Crippen LogP contribution in [-0.4, -0.2) is 11.1 Å². The second kappa shape index (κ2) is 4.10. The molecule has 16 heavy (non-hydrogen) atoms. The number of carboxylic acid groups (broad SMARTS) is 1. The van der Waals surface area contributed by atoms with Gasteiger partial charge in [0, 0.05) is 9.75 Å². The van der Waals surface area contributed by atoms with Crippen LogP contribution in [0.25, 0.3) is 10.4 Å². The van der Waals surface area contributed by atoms with E-state index in [0.29, 0.717) is 5.56 Å². The number of carboxylic acids is 1. The second-order valence-corrected chi connectivity index (χ2v) is 5.03. The molecule has 0 radical (unpaired) electrons. The number of carbonyl (C=O) groups is 1. The Hall–Kier alpha value is -1.61. The number of hydrogen-bond donors (Lipinski definition) is 1. The van der Waals surface area contributed by atoms with E-state index >= 15 is 0 Å². The monoisotopic (exact) mass is 232 g/mol. The highest BCUT2D eigenvalue weighted by Gasteiger charge is 2.09. The van der Waals surface area contributed by atoms with Gasteiger partial charge in [-0.2, -0.15) is 0 Å². The SMILES string of the molecule is Cc1ccc(-c2ccc(C)c(C(=O)O)c2)s1. The van der Waals surface area contributed by atoms with Gasteiger partial charge >= 0.3 is 5.97 Å².